The second-order valence-corrected chi connectivity index (χ2v) is 7.94. The summed E-state index contributed by atoms with van der Waals surface area (Å²) in [5.74, 6) is -0.0842. The fourth-order valence-electron chi connectivity index (χ4n) is 3.32. The van der Waals surface area contributed by atoms with Gasteiger partial charge in [0.05, 0.1) is 5.69 Å². The average Bonchev–Trinajstić information content (AvgIpc) is 3.33. The maximum absolute atomic E-state index is 13.2. The Morgan fingerprint density at radius 1 is 0.929 bits per heavy atom. The molecule has 28 heavy (non-hydrogen) atoms. The molecular weight excluding hydrogens is 364 g/mol. The third kappa shape index (κ3) is 3.51. The first-order chi connectivity index (χ1) is 13.5. The number of carbonyl (C=O) groups excluding carboxylic acids is 1. The monoisotopic (exact) mass is 386 g/mol. The number of rotatable bonds is 4. The van der Waals surface area contributed by atoms with E-state index in [1.54, 1.807) is 0 Å². The molecule has 4 heteroatoms. The van der Waals surface area contributed by atoms with Crippen molar-refractivity contribution < 1.29 is 4.79 Å². The molecule has 0 saturated carbocycles. The molecule has 0 bridgehead atoms. The van der Waals surface area contributed by atoms with E-state index in [9.17, 15) is 4.79 Å². The first-order valence-electron chi connectivity index (χ1n) is 9.23. The van der Waals surface area contributed by atoms with Crippen molar-refractivity contribution >= 4 is 22.9 Å². The Morgan fingerprint density at radius 2 is 1.61 bits per heavy atom. The lowest BCUT2D eigenvalue weighted by molar-refractivity contribution is 0.103. The van der Waals surface area contributed by atoms with Crippen LogP contribution in [0.1, 0.15) is 26.4 Å². The predicted molar refractivity (Wildman–Crippen MR) is 118 cm³/mol. The third-order valence-electron chi connectivity index (χ3n) is 4.83. The molecule has 1 amide bonds. The molecule has 0 saturated heterocycles. The topological polar surface area (TPSA) is 34.0 Å². The average molecular weight is 387 g/mol. The second kappa shape index (κ2) is 7.49. The Hall–Kier alpha value is -3.11. The van der Waals surface area contributed by atoms with Gasteiger partial charge in [0.15, 0.2) is 0 Å². The Kier molecular flexibility index (Phi) is 4.88. The molecule has 0 unspecified atom stereocenters. The van der Waals surface area contributed by atoms with Crippen LogP contribution in [-0.2, 0) is 0 Å². The number of hydrogen-bond acceptors (Lipinski definition) is 2. The van der Waals surface area contributed by atoms with Crippen molar-refractivity contribution in [3.63, 3.8) is 0 Å². The van der Waals surface area contributed by atoms with E-state index in [4.69, 9.17) is 0 Å². The van der Waals surface area contributed by atoms with Gasteiger partial charge < -0.3 is 9.88 Å². The molecule has 1 N–H and O–H groups in total. The van der Waals surface area contributed by atoms with Gasteiger partial charge in [-0.15, -0.1) is 11.3 Å². The number of carbonyl (C=O) groups is 1. The number of amides is 1. The van der Waals surface area contributed by atoms with E-state index in [1.807, 2.05) is 48.1 Å². The minimum atomic E-state index is -0.0842. The zero-order chi connectivity index (χ0) is 19.7. The van der Waals surface area contributed by atoms with Gasteiger partial charge >= 0.3 is 0 Å². The molecule has 0 radical (unpaired) electrons. The molecule has 0 fully saturated rings. The minimum Gasteiger partial charge on any atom is -0.322 e. The van der Waals surface area contributed by atoms with Crippen molar-refractivity contribution in [3.8, 4) is 16.8 Å². The minimum absolute atomic E-state index is 0.0842. The van der Waals surface area contributed by atoms with E-state index >= 15 is 0 Å². The first kappa shape index (κ1) is 18.3. The van der Waals surface area contributed by atoms with Gasteiger partial charge in [0.25, 0.3) is 5.91 Å². The smallest absolute Gasteiger partial charge is 0.267 e. The van der Waals surface area contributed by atoms with E-state index in [0.717, 1.165) is 28.1 Å². The number of aryl methyl sites for hydroxylation is 3. The van der Waals surface area contributed by atoms with Crippen LogP contribution in [0.5, 0.6) is 0 Å². The third-order valence-corrected chi connectivity index (χ3v) is 5.79. The van der Waals surface area contributed by atoms with Gasteiger partial charge in [0, 0.05) is 29.0 Å². The van der Waals surface area contributed by atoms with Gasteiger partial charge in [-0.2, -0.15) is 0 Å². The van der Waals surface area contributed by atoms with E-state index in [-0.39, 0.29) is 5.91 Å². The summed E-state index contributed by atoms with van der Waals surface area (Å²) in [4.78, 5) is 13.9. The highest BCUT2D eigenvalue weighted by molar-refractivity contribution is 7.13. The van der Waals surface area contributed by atoms with E-state index in [0.29, 0.717) is 4.88 Å². The number of hydrogen-bond donors (Lipinski definition) is 1. The Morgan fingerprint density at radius 3 is 2.29 bits per heavy atom. The van der Waals surface area contributed by atoms with Crippen LogP contribution in [0, 0.1) is 20.8 Å². The number of anilines is 1. The molecule has 4 rings (SSSR count). The van der Waals surface area contributed by atoms with Crippen molar-refractivity contribution in [1.29, 1.82) is 0 Å². The molecule has 4 aromatic rings. The van der Waals surface area contributed by atoms with Crippen molar-refractivity contribution in [1.82, 2.24) is 4.57 Å². The molecule has 0 atom stereocenters. The van der Waals surface area contributed by atoms with E-state index < -0.39 is 0 Å². The summed E-state index contributed by atoms with van der Waals surface area (Å²) in [6.07, 6.45) is 3.96. The fraction of sp³-hybridized carbons (Fsp3) is 0.125. The van der Waals surface area contributed by atoms with Crippen molar-refractivity contribution in [2.45, 2.75) is 20.8 Å². The Labute approximate surface area is 169 Å². The highest BCUT2D eigenvalue weighted by Gasteiger charge is 2.21. The number of nitrogens with one attached hydrogen (secondary N) is 1. The lowest BCUT2D eigenvalue weighted by atomic mass is 10.0. The van der Waals surface area contributed by atoms with Gasteiger partial charge in [-0.25, -0.2) is 0 Å². The SMILES string of the molecule is Cc1ccc(-c2csc(C(=O)Nc3ccc(C)cc3C)c2-n2cccc2)cc1. The molecule has 2 aromatic carbocycles. The summed E-state index contributed by atoms with van der Waals surface area (Å²) in [6, 6.07) is 18.4. The molecule has 3 nitrogen and oxygen atoms in total. The summed E-state index contributed by atoms with van der Waals surface area (Å²) < 4.78 is 2.02. The van der Waals surface area contributed by atoms with Crippen LogP contribution < -0.4 is 5.32 Å². The summed E-state index contributed by atoms with van der Waals surface area (Å²) in [7, 11) is 0. The molecule has 0 spiro atoms. The Bertz CT molecular complexity index is 1120. The largest absolute Gasteiger partial charge is 0.322 e. The first-order valence-corrected chi connectivity index (χ1v) is 10.1. The van der Waals surface area contributed by atoms with Gasteiger partial charge in [-0.3, -0.25) is 4.79 Å². The van der Waals surface area contributed by atoms with E-state index in [1.165, 1.54) is 22.5 Å². The predicted octanol–water partition coefficient (Wildman–Crippen LogP) is 6.38. The lowest BCUT2D eigenvalue weighted by Gasteiger charge is -2.12. The van der Waals surface area contributed by atoms with Gasteiger partial charge in [0.1, 0.15) is 4.88 Å². The molecule has 0 aliphatic carbocycles. The summed E-state index contributed by atoms with van der Waals surface area (Å²) in [5.41, 5.74) is 7.39. The van der Waals surface area contributed by atoms with E-state index in [2.05, 4.69) is 54.9 Å². The van der Waals surface area contributed by atoms with Crippen LogP contribution in [-0.4, -0.2) is 10.5 Å². The van der Waals surface area contributed by atoms with Crippen LogP contribution in [0.2, 0.25) is 0 Å². The second-order valence-electron chi connectivity index (χ2n) is 7.06. The van der Waals surface area contributed by atoms with Crippen LogP contribution in [0.25, 0.3) is 16.8 Å². The van der Waals surface area contributed by atoms with Crippen LogP contribution in [0.3, 0.4) is 0 Å². The number of nitrogens with zero attached hydrogens (tertiary/aromatic N) is 1. The van der Waals surface area contributed by atoms with Crippen LogP contribution in [0.4, 0.5) is 5.69 Å². The number of aromatic nitrogens is 1. The lowest BCUT2D eigenvalue weighted by Crippen LogP contribution is -2.13. The standard InChI is InChI=1S/C24H22N2OS/c1-16-6-9-19(10-7-16)20-15-28-23(22(20)26-12-4-5-13-26)24(27)25-21-11-8-17(2)14-18(21)3/h4-15H,1-3H3,(H,25,27). The number of benzene rings is 2. The molecule has 140 valence electrons. The maximum atomic E-state index is 13.2. The quantitative estimate of drug-likeness (QED) is 0.434. The highest BCUT2D eigenvalue weighted by Crippen LogP contribution is 2.35. The Balaban J connectivity index is 1.76. The maximum Gasteiger partial charge on any atom is 0.267 e. The summed E-state index contributed by atoms with van der Waals surface area (Å²) in [5, 5.41) is 5.15. The molecule has 2 heterocycles. The molecule has 0 aliphatic rings. The molecular formula is C24H22N2OS. The normalized spacial score (nSPS) is 10.8. The zero-order valence-electron chi connectivity index (χ0n) is 16.2. The van der Waals surface area contributed by atoms with Crippen LogP contribution >= 0.6 is 11.3 Å². The fourth-order valence-corrected chi connectivity index (χ4v) is 4.29. The van der Waals surface area contributed by atoms with Gasteiger partial charge in [-0.1, -0.05) is 47.5 Å². The van der Waals surface area contributed by atoms with Crippen molar-refractivity contribution in [2.24, 2.45) is 0 Å². The highest BCUT2D eigenvalue weighted by atomic mass is 32.1. The zero-order valence-corrected chi connectivity index (χ0v) is 17.0. The van der Waals surface area contributed by atoms with Crippen molar-refractivity contribution in [3.05, 3.63) is 93.9 Å². The summed E-state index contributed by atoms with van der Waals surface area (Å²) in [6.45, 7) is 6.14. The van der Waals surface area contributed by atoms with Gasteiger partial charge in [0.2, 0.25) is 0 Å². The molecule has 0 aliphatic heterocycles. The van der Waals surface area contributed by atoms with Crippen molar-refractivity contribution in [2.75, 3.05) is 5.32 Å². The summed E-state index contributed by atoms with van der Waals surface area (Å²) >= 11 is 1.48. The van der Waals surface area contributed by atoms with Gasteiger partial charge in [-0.05, 0) is 50.1 Å². The number of thiophene rings is 1. The molecule has 2 aromatic heterocycles. The van der Waals surface area contributed by atoms with Crippen LogP contribution in [0.15, 0.2) is 72.4 Å².